The highest BCUT2D eigenvalue weighted by atomic mass is 32.1. The second kappa shape index (κ2) is 22.0. The van der Waals surface area contributed by atoms with Crippen molar-refractivity contribution in [2.24, 2.45) is 8.73 Å². The molecule has 18 nitrogen and oxygen atoms in total. The van der Waals surface area contributed by atoms with E-state index in [0.29, 0.717) is 43.2 Å². The fourth-order valence-electron chi connectivity index (χ4n) is 13.9. The summed E-state index contributed by atoms with van der Waals surface area (Å²) >= 11 is 11.8. The number of hydrogen-bond donors (Lipinski definition) is 0. The Bertz CT molecular complexity index is 6240. The third-order valence-electron chi connectivity index (χ3n) is 19.1. The summed E-state index contributed by atoms with van der Waals surface area (Å²) in [5.74, 6) is -0.951. The molecule has 0 fully saturated rings. The summed E-state index contributed by atoms with van der Waals surface area (Å²) in [6, 6.07) is 24.5. The molecule has 0 saturated heterocycles. The molecule has 9 aromatic heterocycles. The van der Waals surface area contributed by atoms with Crippen molar-refractivity contribution in [1.29, 1.82) is 26.3 Å². The normalized spacial score (nSPS) is 16.2. The first-order chi connectivity index (χ1) is 48.2. The molecule has 0 N–H and O–H groups in total. The standard InChI is InChI=1S/C74H34N16O2S8/c1-27-29(3)85-63-57(83-27)49(16-38-53(45(25-78)81-10)34-12-31(22-75)32(23-76)13-36(34)65(38)91)95-71(63)51-20-42-69(97-51)67-40(73(42,5)6)18-47(93-67)55-59-61(89-99-87-59)56(62-60(55)88-100-90-62)48-19-41-68(94-48)70-43(74(41,7)8)21-52(98-70)72-64-58(84-28(2)30(4)86-64)50(96-72)17-39-54(46(26-79)82-11)35-15-44(80-9)33(24-77)14-37(35)66(39)92/h12-21H,1-8H3/b38-16-,39-17-,53-45-,54-46+. The Morgan fingerprint density at radius 1 is 0.460 bits per heavy atom. The van der Waals surface area contributed by atoms with Gasteiger partial charge in [0.2, 0.25) is 5.69 Å². The highest BCUT2D eigenvalue weighted by Crippen LogP contribution is 2.64. The van der Waals surface area contributed by atoms with Gasteiger partial charge in [-0.3, -0.25) is 9.59 Å². The van der Waals surface area contributed by atoms with E-state index in [-0.39, 0.29) is 78.3 Å². The first-order valence-electron chi connectivity index (χ1n) is 30.3. The molecular weight excluding hydrogens is 1400 g/mol. The highest BCUT2D eigenvalue weighted by Gasteiger charge is 2.44. The lowest BCUT2D eigenvalue weighted by Crippen LogP contribution is -2.13. The third kappa shape index (κ3) is 8.49. The summed E-state index contributed by atoms with van der Waals surface area (Å²) in [6.45, 7) is 40.1. The van der Waals surface area contributed by atoms with Gasteiger partial charge in [0.15, 0.2) is 11.6 Å². The van der Waals surface area contributed by atoms with E-state index in [4.69, 9.17) is 57.1 Å². The van der Waals surface area contributed by atoms with Gasteiger partial charge in [0.25, 0.3) is 11.4 Å². The van der Waals surface area contributed by atoms with Gasteiger partial charge in [-0.1, -0.05) is 27.7 Å². The van der Waals surface area contributed by atoms with Crippen molar-refractivity contribution in [2.45, 2.75) is 66.2 Å². The summed E-state index contributed by atoms with van der Waals surface area (Å²) in [7, 11) is 0. The van der Waals surface area contributed by atoms with Crippen molar-refractivity contribution in [3.05, 3.63) is 199 Å². The number of aromatic nitrogens is 6. The lowest BCUT2D eigenvalue weighted by atomic mass is 9.83. The Labute approximate surface area is 600 Å². The average Bonchev–Trinajstić information content (AvgIpc) is 1.54. The number of Topliss-reactive ketones (excluding diaryl/α,β-unsaturated/α-hetero) is 2. The SMILES string of the molecule is [C-]#[N+]/C(C#N)=C1\C(=C\c2sc(-c3cc4c(s3)-c3sc(-c5c6c(c(-c7cc8c(s7)-c7sc(-c9sc(/C=C%10\C(=O)c%11cc(C#N)c([N+]#[C-])cc%11\C%10=C(\C#N)[N+]#[C-])c%10nc(C)c(C)nc9%10)cc7C8(C)C)c7nsnc57)N=S=N6)cc3C4(C)C)c3nc(C)c(C)nc23)C(=O)c2cc(C#N)c(C#N)cc21. The second-order valence-electron chi connectivity index (χ2n) is 25.1. The predicted octanol–water partition coefficient (Wildman–Crippen LogP) is 20.2. The number of rotatable bonds is 6. The van der Waals surface area contributed by atoms with Gasteiger partial charge in [-0.2, -0.15) is 33.3 Å². The number of benzene rings is 3. The topological polar surface area (TPSA) is 268 Å². The number of carbonyl (C=O) groups excluding carboxylic acids is 2. The highest BCUT2D eigenvalue weighted by molar-refractivity contribution is 7.58. The van der Waals surface area contributed by atoms with Crippen LogP contribution in [0.4, 0.5) is 17.1 Å². The van der Waals surface area contributed by atoms with Gasteiger partial charge in [-0.05, 0) is 122 Å². The van der Waals surface area contributed by atoms with Crippen LogP contribution in [0.1, 0.15) is 131 Å². The Morgan fingerprint density at radius 3 is 1.22 bits per heavy atom. The van der Waals surface area contributed by atoms with Crippen molar-refractivity contribution < 1.29 is 9.59 Å². The fourth-order valence-corrected chi connectivity index (χ4v) is 23.1. The molecule has 1 aliphatic heterocycles. The first kappa shape index (κ1) is 62.0. The molecule has 4 aliphatic carbocycles. The molecule has 5 aliphatic rings. The molecule has 0 unspecified atom stereocenters. The van der Waals surface area contributed by atoms with E-state index in [0.717, 1.165) is 128 Å². The summed E-state index contributed by atoms with van der Waals surface area (Å²) < 4.78 is 20.2. The second-order valence-corrected chi connectivity index (χ2v) is 32.5. The molecule has 26 heteroatoms. The average molecular weight is 1440 g/mol. The van der Waals surface area contributed by atoms with Crippen LogP contribution in [0, 0.1) is 104 Å². The van der Waals surface area contributed by atoms with E-state index in [1.807, 2.05) is 58.0 Å². The Balaban J connectivity index is 0.740. The lowest BCUT2D eigenvalue weighted by molar-refractivity contribution is 0.103. The number of hydrogen-bond acceptors (Lipinski definition) is 22. The van der Waals surface area contributed by atoms with Gasteiger partial charge in [-0.15, -0.1) is 68.0 Å². The van der Waals surface area contributed by atoms with E-state index in [1.54, 1.807) is 57.5 Å². The van der Waals surface area contributed by atoms with E-state index in [1.165, 1.54) is 58.1 Å². The van der Waals surface area contributed by atoms with Gasteiger partial charge in [0, 0.05) is 94.4 Å². The molecule has 0 saturated carbocycles. The van der Waals surface area contributed by atoms with Crippen LogP contribution in [0.3, 0.4) is 0 Å². The molecule has 470 valence electrons. The van der Waals surface area contributed by atoms with Crippen molar-refractivity contribution in [3.8, 4) is 90.2 Å². The molecule has 0 spiro atoms. The molecule has 3 aromatic carbocycles. The number of nitriles is 5. The van der Waals surface area contributed by atoms with Crippen molar-refractivity contribution in [3.63, 3.8) is 0 Å². The summed E-state index contributed by atoms with van der Waals surface area (Å²) in [5.41, 5.74) is 14.3. The number of ketones is 2. The molecule has 0 atom stereocenters. The van der Waals surface area contributed by atoms with Gasteiger partial charge in [0.1, 0.15) is 56.6 Å². The van der Waals surface area contributed by atoms with Crippen LogP contribution >= 0.6 is 79.7 Å². The maximum absolute atomic E-state index is 14.4. The fraction of sp³-hybridized carbons (Fsp3) is 0.135. The number of thiophene rings is 6. The molecule has 12 aromatic rings. The van der Waals surface area contributed by atoms with Gasteiger partial charge < -0.3 is 0 Å². The molecule has 100 heavy (non-hydrogen) atoms. The zero-order valence-electron chi connectivity index (χ0n) is 53.0. The van der Waals surface area contributed by atoms with Gasteiger partial charge in [0.05, 0.1) is 120 Å². The smallest absolute Gasteiger partial charge is 0.270 e. The minimum Gasteiger partial charge on any atom is -0.289 e. The number of aryl methyl sites for hydroxylation is 4. The first-order valence-corrected chi connectivity index (χ1v) is 36.6. The zero-order chi connectivity index (χ0) is 69.6. The number of allylic oxidation sites excluding steroid dienone is 6. The van der Waals surface area contributed by atoms with E-state index in [9.17, 15) is 35.9 Å². The molecular formula is C74H34N16O2S8. The molecule has 0 amide bonds. The number of nitrogens with zero attached hydrogens (tertiary/aromatic N) is 16. The molecule has 10 heterocycles. The van der Waals surface area contributed by atoms with E-state index in [2.05, 4.69) is 66.5 Å². The Kier molecular flexibility index (Phi) is 13.6. The maximum atomic E-state index is 14.4. The predicted molar refractivity (Wildman–Crippen MR) is 394 cm³/mol. The van der Waals surface area contributed by atoms with E-state index < -0.39 is 22.4 Å². The maximum Gasteiger partial charge on any atom is 0.270 e. The summed E-state index contributed by atoms with van der Waals surface area (Å²) in [4.78, 5) is 70.9. The minimum atomic E-state index is -0.479. The van der Waals surface area contributed by atoms with Crippen LogP contribution in [0.25, 0.3) is 131 Å². The quantitative estimate of drug-likeness (QED) is 0.0852. The van der Waals surface area contributed by atoms with Crippen molar-refractivity contribution in [1.82, 2.24) is 28.7 Å². The monoisotopic (exact) mass is 1430 g/mol. The minimum absolute atomic E-state index is 0.0143. The van der Waals surface area contributed by atoms with Crippen LogP contribution in [0.5, 0.6) is 0 Å². The van der Waals surface area contributed by atoms with Gasteiger partial charge in [-0.25, -0.2) is 45.0 Å². The number of fused-ring (bicyclic) bond motifs is 12. The molecule has 0 bridgehead atoms. The van der Waals surface area contributed by atoms with Crippen LogP contribution in [-0.2, 0) is 22.2 Å². The van der Waals surface area contributed by atoms with Gasteiger partial charge >= 0.3 is 0 Å². The lowest BCUT2D eigenvalue weighted by Gasteiger charge is -2.19. The molecule has 17 rings (SSSR count). The Morgan fingerprint density at radius 2 is 0.830 bits per heavy atom. The largest absolute Gasteiger partial charge is 0.289 e. The number of carbonyl (C=O) groups is 2. The van der Waals surface area contributed by atoms with Crippen LogP contribution < -0.4 is 0 Å². The molecule has 0 radical (unpaired) electrons. The van der Waals surface area contributed by atoms with E-state index >= 15 is 0 Å². The summed E-state index contributed by atoms with van der Waals surface area (Å²) in [5, 5.41) is 50.2. The van der Waals surface area contributed by atoms with Crippen LogP contribution in [0.15, 0.2) is 79.8 Å². The third-order valence-corrected chi connectivity index (χ3v) is 27.7. The summed E-state index contributed by atoms with van der Waals surface area (Å²) in [6.07, 6.45) is 3.34. The van der Waals surface area contributed by atoms with Crippen molar-refractivity contribution in [2.75, 3.05) is 0 Å². The zero-order valence-corrected chi connectivity index (χ0v) is 59.5. The van der Waals surface area contributed by atoms with Crippen LogP contribution in [-0.4, -0.2) is 40.2 Å². The van der Waals surface area contributed by atoms with Crippen molar-refractivity contribution >= 4 is 176 Å². The van der Waals surface area contributed by atoms with Crippen LogP contribution in [0.2, 0.25) is 0 Å². The Hall–Kier alpha value is -11.6.